The number of aromatic nitrogens is 1. The van der Waals surface area contributed by atoms with Crippen molar-refractivity contribution >= 4 is 10.9 Å². The number of unbranched alkanes of at least 4 members (excludes halogenated alkanes) is 2. The normalized spacial score (nSPS) is 10.9. The van der Waals surface area contributed by atoms with E-state index in [1.54, 1.807) is 0 Å². The summed E-state index contributed by atoms with van der Waals surface area (Å²) in [5.74, 6) is 0. The molecule has 0 unspecified atom stereocenters. The second-order valence-corrected chi connectivity index (χ2v) is 4.38. The van der Waals surface area contributed by atoms with E-state index in [1.165, 1.54) is 30.2 Å². The van der Waals surface area contributed by atoms with Crippen LogP contribution in [0.4, 0.5) is 0 Å². The van der Waals surface area contributed by atoms with Gasteiger partial charge in [0.05, 0.1) is 5.52 Å². The third kappa shape index (κ3) is 3.27. The van der Waals surface area contributed by atoms with Gasteiger partial charge in [0, 0.05) is 18.1 Å². The van der Waals surface area contributed by atoms with Crippen molar-refractivity contribution in [2.75, 3.05) is 6.54 Å². The van der Waals surface area contributed by atoms with Crippen LogP contribution in [0.15, 0.2) is 36.5 Å². The smallest absolute Gasteiger partial charge is 0.0746 e. The number of hydrogen-bond acceptors (Lipinski definition) is 2. The molecule has 2 nitrogen and oxygen atoms in total. The van der Waals surface area contributed by atoms with E-state index in [2.05, 4.69) is 41.5 Å². The van der Waals surface area contributed by atoms with Crippen molar-refractivity contribution in [1.29, 1.82) is 0 Å². The average Bonchev–Trinajstić information content (AvgIpc) is 2.39. The Morgan fingerprint density at radius 3 is 2.88 bits per heavy atom. The summed E-state index contributed by atoms with van der Waals surface area (Å²) in [4.78, 5) is 4.46. The lowest BCUT2D eigenvalue weighted by atomic mass is 10.1. The Labute approximate surface area is 103 Å². The van der Waals surface area contributed by atoms with E-state index >= 15 is 0 Å². The van der Waals surface area contributed by atoms with Crippen LogP contribution in [0, 0.1) is 0 Å². The molecular weight excluding hydrogens is 208 g/mol. The minimum absolute atomic E-state index is 0.915. The highest BCUT2D eigenvalue weighted by atomic mass is 14.8. The fraction of sp³-hybridized carbons (Fsp3) is 0.400. The van der Waals surface area contributed by atoms with Crippen LogP contribution in [0.5, 0.6) is 0 Å². The predicted octanol–water partition coefficient (Wildman–Crippen LogP) is 3.51. The first-order valence-corrected chi connectivity index (χ1v) is 6.45. The van der Waals surface area contributed by atoms with Crippen molar-refractivity contribution in [3.8, 4) is 0 Å². The summed E-state index contributed by atoms with van der Waals surface area (Å²) in [5.41, 5.74) is 2.41. The van der Waals surface area contributed by atoms with Gasteiger partial charge in [-0.1, -0.05) is 44.0 Å². The highest BCUT2D eigenvalue weighted by molar-refractivity contribution is 5.81. The highest BCUT2D eigenvalue weighted by Gasteiger charge is 2.00. The molecule has 2 heteroatoms. The van der Waals surface area contributed by atoms with Gasteiger partial charge in [0.25, 0.3) is 0 Å². The maximum absolute atomic E-state index is 4.46. The molecule has 0 atom stereocenters. The summed E-state index contributed by atoms with van der Waals surface area (Å²) in [7, 11) is 0. The summed E-state index contributed by atoms with van der Waals surface area (Å²) >= 11 is 0. The SMILES string of the molecule is CCCCCNCc1cccc2cccnc12. The van der Waals surface area contributed by atoms with Crippen molar-refractivity contribution < 1.29 is 0 Å². The maximum Gasteiger partial charge on any atom is 0.0746 e. The number of hydrogen-bond donors (Lipinski definition) is 1. The molecule has 0 fully saturated rings. The fourth-order valence-corrected chi connectivity index (χ4v) is 2.03. The Kier molecular flexibility index (Phi) is 4.51. The Balaban J connectivity index is 1.98. The van der Waals surface area contributed by atoms with Crippen LogP contribution in [-0.4, -0.2) is 11.5 Å². The first-order chi connectivity index (χ1) is 8.42. The van der Waals surface area contributed by atoms with Gasteiger partial charge < -0.3 is 5.32 Å². The minimum Gasteiger partial charge on any atom is -0.313 e. The largest absolute Gasteiger partial charge is 0.313 e. The van der Waals surface area contributed by atoms with E-state index in [9.17, 15) is 0 Å². The molecule has 0 radical (unpaired) electrons. The highest BCUT2D eigenvalue weighted by Crippen LogP contribution is 2.15. The second kappa shape index (κ2) is 6.36. The van der Waals surface area contributed by atoms with Gasteiger partial charge in [0.1, 0.15) is 0 Å². The van der Waals surface area contributed by atoms with Crippen LogP contribution in [0.3, 0.4) is 0 Å². The van der Waals surface area contributed by atoms with Crippen molar-refractivity contribution in [2.24, 2.45) is 0 Å². The van der Waals surface area contributed by atoms with Crippen LogP contribution in [0.25, 0.3) is 10.9 Å². The molecule has 0 saturated carbocycles. The number of benzene rings is 1. The van der Waals surface area contributed by atoms with Crippen molar-refractivity contribution in [2.45, 2.75) is 32.7 Å². The Hall–Kier alpha value is -1.41. The zero-order valence-corrected chi connectivity index (χ0v) is 10.4. The molecule has 1 heterocycles. The first kappa shape index (κ1) is 12.1. The number of nitrogens with one attached hydrogen (secondary N) is 1. The lowest BCUT2D eigenvalue weighted by Gasteiger charge is -2.07. The molecule has 90 valence electrons. The average molecular weight is 228 g/mol. The zero-order chi connectivity index (χ0) is 11.9. The number of para-hydroxylation sites is 1. The molecule has 2 rings (SSSR count). The van der Waals surface area contributed by atoms with Crippen molar-refractivity contribution in [3.05, 3.63) is 42.1 Å². The van der Waals surface area contributed by atoms with Crippen LogP contribution in [-0.2, 0) is 6.54 Å². The molecule has 0 amide bonds. The second-order valence-electron chi connectivity index (χ2n) is 4.38. The fourth-order valence-electron chi connectivity index (χ4n) is 2.03. The number of nitrogens with zero attached hydrogens (tertiary/aromatic N) is 1. The number of pyridine rings is 1. The van der Waals surface area contributed by atoms with Gasteiger partial charge in [-0.2, -0.15) is 0 Å². The van der Waals surface area contributed by atoms with Crippen LogP contribution < -0.4 is 5.32 Å². The summed E-state index contributed by atoms with van der Waals surface area (Å²) in [6, 6.07) is 10.5. The Morgan fingerprint density at radius 2 is 2.00 bits per heavy atom. The van der Waals surface area contributed by atoms with E-state index in [0.29, 0.717) is 0 Å². The monoisotopic (exact) mass is 228 g/mol. The molecule has 0 saturated heterocycles. The van der Waals surface area contributed by atoms with Crippen molar-refractivity contribution in [1.82, 2.24) is 10.3 Å². The van der Waals surface area contributed by atoms with E-state index in [1.807, 2.05) is 12.3 Å². The molecule has 0 aliphatic heterocycles. The van der Waals surface area contributed by atoms with Gasteiger partial charge in [0.2, 0.25) is 0 Å². The van der Waals surface area contributed by atoms with Gasteiger partial charge in [-0.3, -0.25) is 4.98 Å². The lowest BCUT2D eigenvalue weighted by Crippen LogP contribution is -2.14. The zero-order valence-electron chi connectivity index (χ0n) is 10.4. The Bertz CT molecular complexity index is 460. The molecule has 17 heavy (non-hydrogen) atoms. The predicted molar refractivity (Wildman–Crippen MR) is 73.0 cm³/mol. The van der Waals surface area contributed by atoms with Crippen LogP contribution in [0.2, 0.25) is 0 Å². The molecule has 1 aromatic heterocycles. The molecule has 0 spiro atoms. The van der Waals surface area contributed by atoms with Gasteiger partial charge in [-0.15, -0.1) is 0 Å². The van der Waals surface area contributed by atoms with E-state index in [-0.39, 0.29) is 0 Å². The summed E-state index contributed by atoms with van der Waals surface area (Å²) in [6.07, 6.45) is 5.70. The van der Waals surface area contributed by atoms with Gasteiger partial charge in [-0.05, 0) is 24.6 Å². The van der Waals surface area contributed by atoms with Crippen molar-refractivity contribution in [3.63, 3.8) is 0 Å². The van der Waals surface area contributed by atoms with E-state index in [0.717, 1.165) is 18.6 Å². The quantitative estimate of drug-likeness (QED) is 0.765. The topological polar surface area (TPSA) is 24.9 Å². The summed E-state index contributed by atoms with van der Waals surface area (Å²) in [6.45, 7) is 4.24. The van der Waals surface area contributed by atoms with Crippen LogP contribution in [0.1, 0.15) is 31.7 Å². The number of rotatable bonds is 6. The molecule has 0 aliphatic carbocycles. The lowest BCUT2D eigenvalue weighted by molar-refractivity contribution is 0.618. The van der Waals surface area contributed by atoms with Gasteiger partial charge >= 0.3 is 0 Å². The number of fused-ring (bicyclic) bond motifs is 1. The Morgan fingerprint density at radius 1 is 1.12 bits per heavy atom. The third-order valence-electron chi connectivity index (χ3n) is 2.99. The summed E-state index contributed by atoms with van der Waals surface area (Å²) < 4.78 is 0. The minimum atomic E-state index is 0.915. The summed E-state index contributed by atoms with van der Waals surface area (Å²) in [5, 5.41) is 4.71. The van der Waals surface area contributed by atoms with Crippen LogP contribution >= 0.6 is 0 Å². The molecule has 2 aromatic rings. The van der Waals surface area contributed by atoms with E-state index in [4.69, 9.17) is 0 Å². The van der Waals surface area contributed by atoms with E-state index < -0.39 is 0 Å². The maximum atomic E-state index is 4.46. The van der Waals surface area contributed by atoms with Gasteiger partial charge in [0.15, 0.2) is 0 Å². The first-order valence-electron chi connectivity index (χ1n) is 6.45. The molecule has 0 bridgehead atoms. The molecular formula is C15H20N2. The third-order valence-corrected chi connectivity index (χ3v) is 2.99. The molecule has 1 N–H and O–H groups in total. The molecule has 1 aromatic carbocycles. The molecule has 0 aliphatic rings. The standard InChI is InChI=1S/C15H20N2/c1-2-3-4-10-16-12-14-8-5-7-13-9-6-11-17-15(13)14/h5-9,11,16H,2-4,10,12H2,1H3. The van der Waals surface area contributed by atoms with Gasteiger partial charge in [-0.25, -0.2) is 0 Å².